The highest BCUT2D eigenvalue weighted by Gasteiger charge is 2.30. The van der Waals surface area contributed by atoms with Crippen LogP contribution in [0.25, 0.3) is 6.08 Å². The van der Waals surface area contributed by atoms with Crippen molar-refractivity contribution in [2.24, 2.45) is 0 Å². The predicted octanol–water partition coefficient (Wildman–Crippen LogP) is 1.53. The summed E-state index contributed by atoms with van der Waals surface area (Å²) in [6, 6.07) is 2.17. The molecule has 0 radical (unpaired) electrons. The Morgan fingerprint density at radius 3 is 2.58 bits per heavy atom. The fourth-order valence-electron chi connectivity index (χ4n) is 2.59. The molecule has 0 bridgehead atoms. The average molecular weight is 257 g/mol. The van der Waals surface area contributed by atoms with Crippen LogP contribution in [-0.4, -0.2) is 24.3 Å². The van der Waals surface area contributed by atoms with Gasteiger partial charge in [0.2, 0.25) is 0 Å². The van der Waals surface area contributed by atoms with Crippen molar-refractivity contribution in [1.29, 1.82) is 5.26 Å². The molecule has 5 heteroatoms. The van der Waals surface area contributed by atoms with Crippen LogP contribution in [0.1, 0.15) is 22.3 Å². The number of carboxylic acid groups (broad SMARTS) is 1. The smallest absolute Gasteiger partial charge is 0.328 e. The van der Waals surface area contributed by atoms with Crippen LogP contribution in [-0.2, 0) is 17.6 Å². The maximum Gasteiger partial charge on any atom is 0.328 e. The first-order valence-corrected chi connectivity index (χ1v) is 6.00. The maximum absolute atomic E-state index is 10.7. The zero-order valence-corrected chi connectivity index (χ0v) is 10.1. The summed E-state index contributed by atoms with van der Waals surface area (Å²) >= 11 is 0. The monoisotopic (exact) mass is 257 g/mol. The molecule has 3 rings (SSSR count). The number of rotatable bonds is 2. The van der Waals surface area contributed by atoms with E-state index in [4.69, 9.17) is 14.6 Å². The van der Waals surface area contributed by atoms with E-state index in [9.17, 15) is 10.1 Å². The van der Waals surface area contributed by atoms with Crippen LogP contribution < -0.4 is 9.47 Å². The molecule has 0 fully saturated rings. The fourth-order valence-corrected chi connectivity index (χ4v) is 2.59. The molecule has 1 aromatic rings. The second kappa shape index (κ2) is 4.32. The van der Waals surface area contributed by atoms with Crippen molar-refractivity contribution in [1.82, 2.24) is 0 Å². The number of fused-ring (bicyclic) bond motifs is 2. The molecular weight excluding hydrogens is 246 g/mol. The van der Waals surface area contributed by atoms with Crippen LogP contribution in [0.2, 0.25) is 0 Å². The number of carbonyl (C=O) groups is 1. The van der Waals surface area contributed by atoms with E-state index >= 15 is 0 Å². The lowest BCUT2D eigenvalue weighted by Gasteiger charge is -2.11. The molecule has 1 N–H and O–H groups in total. The molecule has 0 atom stereocenters. The number of nitrogens with zero attached hydrogens (tertiary/aromatic N) is 1. The van der Waals surface area contributed by atoms with Gasteiger partial charge in [0.15, 0.2) is 0 Å². The molecule has 1 aromatic carbocycles. The third-order valence-electron chi connectivity index (χ3n) is 3.35. The Morgan fingerprint density at radius 2 is 1.89 bits per heavy atom. The lowest BCUT2D eigenvalue weighted by molar-refractivity contribution is -0.131. The van der Waals surface area contributed by atoms with Crippen molar-refractivity contribution in [2.75, 3.05) is 13.2 Å². The molecule has 0 aliphatic carbocycles. The van der Waals surface area contributed by atoms with E-state index in [-0.39, 0.29) is 0 Å². The van der Waals surface area contributed by atoms with E-state index < -0.39 is 5.97 Å². The maximum atomic E-state index is 10.7. The summed E-state index contributed by atoms with van der Waals surface area (Å²) in [5.74, 6) is 0.221. The summed E-state index contributed by atoms with van der Waals surface area (Å²) in [6.45, 7) is 1.03. The van der Waals surface area contributed by atoms with Gasteiger partial charge in [0.25, 0.3) is 0 Å². The van der Waals surface area contributed by atoms with E-state index in [0.29, 0.717) is 43.1 Å². The SMILES string of the molecule is N#Cc1c2c(c(/C=C/C(=O)O)c3c1OCC3)OCC2. The quantitative estimate of drug-likeness (QED) is 0.812. The second-order valence-corrected chi connectivity index (χ2v) is 4.38. The number of carboxylic acids is 1. The van der Waals surface area contributed by atoms with Gasteiger partial charge in [0.1, 0.15) is 23.1 Å². The zero-order chi connectivity index (χ0) is 13.4. The summed E-state index contributed by atoms with van der Waals surface area (Å²) < 4.78 is 11.1. The van der Waals surface area contributed by atoms with Crippen LogP contribution >= 0.6 is 0 Å². The highest BCUT2D eigenvalue weighted by atomic mass is 16.5. The minimum atomic E-state index is -1.01. The Morgan fingerprint density at radius 1 is 1.21 bits per heavy atom. The van der Waals surface area contributed by atoms with Crippen molar-refractivity contribution in [3.63, 3.8) is 0 Å². The predicted molar refractivity (Wildman–Crippen MR) is 66.2 cm³/mol. The van der Waals surface area contributed by atoms with Gasteiger partial charge in [0, 0.05) is 35.6 Å². The Balaban J connectivity index is 2.25. The van der Waals surface area contributed by atoms with Gasteiger partial charge < -0.3 is 14.6 Å². The number of nitriles is 1. The first-order valence-electron chi connectivity index (χ1n) is 6.00. The molecule has 2 aliphatic rings. The summed E-state index contributed by atoms with van der Waals surface area (Å²) in [5, 5.41) is 18.0. The molecule has 0 saturated carbocycles. The van der Waals surface area contributed by atoms with Gasteiger partial charge in [-0.3, -0.25) is 0 Å². The first kappa shape index (κ1) is 11.6. The van der Waals surface area contributed by atoms with Crippen LogP contribution in [0.15, 0.2) is 6.08 Å². The molecule has 0 spiro atoms. The van der Waals surface area contributed by atoms with Gasteiger partial charge in [0.05, 0.1) is 13.2 Å². The minimum Gasteiger partial charge on any atom is -0.492 e. The van der Waals surface area contributed by atoms with Gasteiger partial charge in [-0.05, 0) is 6.08 Å². The lowest BCUT2D eigenvalue weighted by atomic mass is 9.94. The zero-order valence-electron chi connectivity index (χ0n) is 10.1. The van der Waals surface area contributed by atoms with E-state index in [1.807, 2.05) is 0 Å². The molecule has 2 aliphatic heterocycles. The molecule has 0 aromatic heterocycles. The Bertz CT molecular complexity index is 605. The van der Waals surface area contributed by atoms with Gasteiger partial charge in [-0.15, -0.1) is 0 Å². The lowest BCUT2D eigenvalue weighted by Crippen LogP contribution is -1.96. The van der Waals surface area contributed by atoms with Crippen LogP contribution in [0.4, 0.5) is 0 Å². The molecule has 19 heavy (non-hydrogen) atoms. The molecule has 0 saturated heterocycles. The van der Waals surface area contributed by atoms with Gasteiger partial charge in [-0.25, -0.2) is 4.79 Å². The minimum absolute atomic E-state index is 0.515. The average Bonchev–Trinajstić information content (AvgIpc) is 3.02. The molecule has 0 unspecified atom stereocenters. The number of aliphatic carboxylic acids is 1. The van der Waals surface area contributed by atoms with Crippen LogP contribution in [0.5, 0.6) is 11.5 Å². The van der Waals surface area contributed by atoms with Crippen molar-refractivity contribution >= 4 is 12.0 Å². The summed E-state index contributed by atoms with van der Waals surface area (Å²) in [7, 11) is 0. The van der Waals surface area contributed by atoms with E-state index in [1.54, 1.807) is 0 Å². The normalized spacial score (nSPS) is 15.5. The van der Waals surface area contributed by atoms with E-state index in [0.717, 1.165) is 22.8 Å². The van der Waals surface area contributed by atoms with Crippen molar-refractivity contribution in [2.45, 2.75) is 12.8 Å². The number of hydrogen-bond acceptors (Lipinski definition) is 4. The van der Waals surface area contributed by atoms with Gasteiger partial charge >= 0.3 is 5.97 Å². The third kappa shape index (κ3) is 1.73. The first-order chi connectivity index (χ1) is 9.22. The van der Waals surface area contributed by atoms with E-state index in [1.165, 1.54) is 6.08 Å². The van der Waals surface area contributed by atoms with Crippen molar-refractivity contribution in [3.8, 4) is 17.6 Å². The Hall–Kier alpha value is -2.48. The summed E-state index contributed by atoms with van der Waals surface area (Å²) in [4.78, 5) is 10.7. The third-order valence-corrected chi connectivity index (χ3v) is 3.35. The fraction of sp³-hybridized carbons (Fsp3) is 0.286. The second-order valence-electron chi connectivity index (χ2n) is 4.38. The largest absolute Gasteiger partial charge is 0.492 e. The molecule has 5 nitrogen and oxygen atoms in total. The number of hydrogen-bond donors (Lipinski definition) is 1. The number of benzene rings is 1. The topological polar surface area (TPSA) is 79.6 Å². The molecule has 96 valence electrons. The Kier molecular flexibility index (Phi) is 2.64. The highest BCUT2D eigenvalue weighted by molar-refractivity contribution is 5.87. The van der Waals surface area contributed by atoms with Crippen LogP contribution in [0.3, 0.4) is 0 Å². The van der Waals surface area contributed by atoms with Gasteiger partial charge in [-0.2, -0.15) is 5.26 Å². The van der Waals surface area contributed by atoms with Crippen LogP contribution in [0, 0.1) is 11.3 Å². The number of ether oxygens (including phenoxy) is 2. The van der Waals surface area contributed by atoms with E-state index in [2.05, 4.69) is 6.07 Å². The van der Waals surface area contributed by atoms with Crippen molar-refractivity contribution in [3.05, 3.63) is 28.3 Å². The van der Waals surface area contributed by atoms with Gasteiger partial charge in [-0.1, -0.05) is 0 Å². The molecule has 2 heterocycles. The standard InChI is InChI=1S/C14H11NO4/c15-7-11-10-4-6-18-13(10)8(1-2-12(16)17)9-3-5-19-14(9)11/h1-2H,3-6H2,(H,16,17)/b2-1+. The van der Waals surface area contributed by atoms with Crippen molar-refractivity contribution < 1.29 is 19.4 Å². The Labute approximate surface area is 109 Å². The summed E-state index contributed by atoms with van der Waals surface area (Å²) in [5.41, 5.74) is 2.97. The molecular formula is C14H11NO4. The highest BCUT2D eigenvalue weighted by Crippen LogP contribution is 2.44. The molecule has 0 amide bonds. The summed E-state index contributed by atoms with van der Waals surface area (Å²) in [6.07, 6.45) is 3.94.